The molecular weight excluding hydrogens is 132 g/mol. The molecule has 0 bridgehead atoms. The lowest BCUT2D eigenvalue weighted by atomic mass is 10.3. The third-order valence-electron chi connectivity index (χ3n) is 1.34. The minimum atomic E-state index is -0.654. The lowest BCUT2D eigenvalue weighted by molar-refractivity contribution is -0.267. The van der Waals surface area contributed by atoms with E-state index in [0.29, 0.717) is 19.4 Å². The van der Waals surface area contributed by atoms with Crippen molar-refractivity contribution in [3.8, 4) is 0 Å². The van der Waals surface area contributed by atoms with Crippen molar-refractivity contribution in [2.45, 2.75) is 25.4 Å². The molecule has 1 N–H and O–H groups in total. The van der Waals surface area contributed by atoms with Crippen LogP contribution in [0.25, 0.3) is 0 Å². The normalized spacial score (nSPS) is 33.7. The van der Waals surface area contributed by atoms with E-state index in [1.165, 1.54) is 0 Å². The van der Waals surface area contributed by atoms with Crippen LogP contribution in [0.3, 0.4) is 0 Å². The Labute approximate surface area is 60.3 Å². The molecule has 58 valence electrons. The summed E-state index contributed by atoms with van der Waals surface area (Å²) < 4.78 is 10.1. The van der Waals surface area contributed by atoms with Gasteiger partial charge in [0.15, 0.2) is 12.6 Å². The second kappa shape index (κ2) is 3.71. The molecule has 0 amide bonds. The van der Waals surface area contributed by atoms with E-state index in [1.54, 1.807) is 6.08 Å². The molecule has 2 unspecified atom stereocenters. The molecule has 3 heteroatoms. The van der Waals surface area contributed by atoms with E-state index < -0.39 is 6.29 Å². The second-order valence-corrected chi connectivity index (χ2v) is 2.20. The van der Waals surface area contributed by atoms with Crippen molar-refractivity contribution in [1.29, 1.82) is 0 Å². The van der Waals surface area contributed by atoms with Gasteiger partial charge in [-0.15, -0.1) is 6.58 Å². The summed E-state index contributed by atoms with van der Waals surface area (Å²) in [6, 6.07) is 0. The maximum absolute atomic E-state index is 8.97. The predicted octanol–water partition coefficient (Wildman–Crippen LogP) is 0.644. The molecule has 0 radical (unpaired) electrons. The van der Waals surface area contributed by atoms with Crippen LogP contribution in [0.2, 0.25) is 0 Å². The number of hydrogen-bond donors (Lipinski definition) is 1. The Morgan fingerprint density at radius 3 is 3.10 bits per heavy atom. The first-order valence-corrected chi connectivity index (χ1v) is 3.39. The zero-order chi connectivity index (χ0) is 7.40. The van der Waals surface area contributed by atoms with Gasteiger partial charge in [0.1, 0.15) is 0 Å². The van der Waals surface area contributed by atoms with Gasteiger partial charge in [0.05, 0.1) is 6.61 Å². The summed E-state index contributed by atoms with van der Waals surface area (Å²) in [7, 11) is 0. The maximum Gasteiger partial charge on any atom is 0.164 e. The minimum Gasteiger partial charge on any atom is -0.368 e. The standard InChI is InChI=1S/C7H12O3/c1-2-3-7-9-5-4-6(8)10-7/h2,6-8H,1,3-5H2. The highest BCUT2D eigenvalue weighted by Gasteiger charge is 2.18. The fourth-order valence-electron chi connectivity index (χ4n) is 0.843. The zero-order valence-electron chi connectivity index (χ0n) is 5.82. The molecule has 1 fully saturated rings. The van der Waals surface area contributed by atoms with Crippen LogP contribution in [0.15, 0.2) is 12.7 Å². The molecule has 1 aliphatic heterocycles. The van der Waals surface area contributed by atoms with Crippen LogP contribution in [0.5, 0.6) is 0 Å². The molecule has 0 spiro atoms. The Kier molecular flexibility index (Phi) is 2.86. The molecule has 3 nitrogen and oxygen atoms in total. The van der Waals surface area contributed by atoms with E-state index in [2.05, 4.69) is 6.58 Å². The summed E-state index contributed by atoms with van der Waals surface area (Å²) in [5, 5.41) is 8.97. The van der Waals surface area contributed by atoms with E-state index in [-0.39, 0.29) is 6.29 Å². The number of hydrogen-bond acceptors (Lipinski definition) is 3. The van der Waals surface area contributed by atoms with Gasteiger partial charge in [-0.3, -0.25) is 0 Å². The summed E-state index contributed by atoms with van der Waals surface area (Å²) in [5.74, 6) is 0. The smallest absolute Gasteiger partial charge is 0.164 e. The molecule has 1 saturated heterocycles. The predicted molar refractivity (Wildman–Crippen MR) is 36.3 cm³/mol. The Morgan fingerprint density at radius 1 is 1.70 bits per heavy atom. The van der Waals surface area contributed by atoms with Gasteiger partial charge in [-0.1, -0.05) is 6.08 Å². The van der Waals surface area contributed by atoms with Crippen molar-refractivity contribution in [3.63, 3.8) is 0 Å². The molecule has 1 rings (SSSR count). The van der Waals surface area contributed by atoms with Crippen LogP contribution < -0.4 is 0 Å². The largest absolute Gasteiger partial charge is 0.368 e. The quantitative estimate of drug-likeness (QED) is 0.578. The molecule has 1 aliphatic rings. The number of aliphatic hydroxyl groups is 1. The first kappa shape index (κ1) is 7.72. The van der Waals surface area contributed by atoms with E-state index in [9.17, 15) is 0 Å². The minimum absolute atomic E-state index is 0.291. The summed E-state index contributed by atoms with van der Waals surface area (Å²) >= 11 is 0. The lowest BCUT2D eigenvalue weighted by Gasteiger charge is -2.25. The molecule has 0 aromatic rings. The topological polar surface area (TPSA) is 38.7 Å². The Balaban J connectivity index is 2.24. The van der Waals surface area contributed by atoms with Gasteiger partial charge in [-0.25, -0.2) is 0 Å². The zero-order valence-corrected chi connectivity index (χ0v) is 5.82. The maximum atomic E-state index is 8.97. The van der Waals surface area contributed by atoms with Gasteiger partial charge in [0.25, 0.3) is 0 Å². The molecule has 1 heterocycles. The highest BCUT2D eigenvalue weighted by atomic mass is 16.7. The van der Waals surface area contributed by atoms with Crippen molar-refractivity contribution in [2.75, 3.05) is 6.61 Å². The first-order valence-electron chi connectivity index (χ1n) is 3.39. The third-order valence-corrected chi connectivity index (χ3v) is 1.34. The summed E-state index contributed by atoms with van der Waals surface area (Å²) in [6.45, 7) is 4.11. The fourth-order valence-corrected chi connectivity index (χ4v) is 0.843. The van der Waals surface area contributed by atoms with E-state index in [0.717, 1.165) is 0 Å². The average molecular weight is 144 g/mol. The van der Waals surface area contributed by atoms with Gasteiger partial charge in [0, 0.05) is 12.8 Å². The molecule has 0 aliphatic carbocycles. The molecule has 2 atom stereocenters. The molecule has 0 aromatic heterocycles. The number of aliphatic hydroxyl groups excluding tert-OH is 1. The van der Waals surface area contributed by atoms with Gasteiger partial charge in [-0.05, 0) is 0 Å². The Bertz CT molecular complexity index is 113. The lowest BCUT2D eigenvalue weighted by Crippen LogP contribution is -2.31. The van der Waals surface area contributed by atoms with Gasteiger partial charge >= 0.3 is 0 Å². The summed E-state index contributed by atoms with van der Waals surface area (Å²) in [5.41, 5.74) is 0. The van der Waals surface area contributed by atoms with Crippen molar-refractivity contribution >= 4 is 0 Å². The molecular formula is C7H12O3. The van der Waals surface area contributed by atoms with Crippen LogP contribution in [0.1, 0.15) is 12.8 Å². The monoisotopic (exact) mass is 144 g/mol. The van der Waals surface area contributed by atoms with Gasteiger partial charge < -0.3 is 14.6 Å². The van der Waals surface area contributed by atoms with Crippen molar-refractivity contribution < 1.29 is 14.6 Å². The number of rotatable bonds is 2. The summed E-state index contributed by atoms with van der Waals surface area (Å²) in [6.07, 6.45) is 1.97. The molecule has 0 saturated carbocycles. The van der Waals surface area contributed by atoms with Crippen molar-refractivity contribution in [1.82, 2.24) is 0 Å². The van der Waals surface area contributed by atoms with Crippen LogP contribution in [-0.4, -0.2) is 24.3 Å². The van der Waals surface area contributed by atoms with E-state index in [1.807, 2.05) is 0 Å². The Morgan fingerprint density at radius 2 is 2.50 bits per heavy atom. The molecule has 10 heavy (non-hydrogen) atoms. The van der Waals surface area contributed by atoms with Crippen LogP contribution in [0, 0.1) is 0 Å². The molecule has 0 aromatic carbocycles. The second-order valence-electron chi connectivity index (χ2n) is 2.20. The third kappa shape index (κ3) is 2.10. The van der Waals surface area contributed by atoms with Crippen molar-refractivity contribution in [2.24, 2.45) is 0 Å². The van der Waals surface area contributed by atoms with Crippen molar-refractivity contribution in [3.05, 3.63) is 12.7 Å². The van der Waals surface area contributed by atoms with Gasteiger partial charge in [0.2, 0.25) is 0 Å². The average Bonchev–Trinajstić information content (AvgIpc) is 1.88. The highest BCUT2D eigenvalue weighted by Crippen LogP contribution is 2.12. The van der Waals surface area contributed by atoms with E-state index >= 15 is 0 Å². The van der Waals surface area contributed by atoms with E-state index in [4.69, 9.17) is 14.6 Å². The highest BCUT2D eigenvalue weighted by molar-refractivity contribution is 4.70. The van der Waals surface area contributed by atoms with Gasteiger partial charge in [-0.2, -0.15) is 0 Å². The Hall–Kier alpha value is -0.380. The first-order chi connectivity index (χ1) is 4.83. The SMILES string of the molecule is C=CCC1OCCC(O)O1. The number of ether oxygens (including phenoxy) is 2. The van der Waals surface area contributed by atoms with Crippen LogP contribution in [-0.2, 0) is 9.47 Å². The van der Waals surface area contributed by atoms with Crippen LogP contribution in [0.4, 0.5) is 0 Å². The fraction of sp³-hybridized carbons (Fsp3) is 0.714. The summed E-state index contributed by atoms with van der Waals surface area (Å²) in [4.78, 5) is 0. The van der Waals surface area contributed by atoms with Crippen LogP contribution >= 0.6 is 0 Å².